The summed E-state index contributed by atoms with van der Waals surface area (Å²) in [5.74, 6) is 1.25. The summed E-state index contributed by atoms with van der Waals surface area (Å²) in [6, 6.07) is 7.74. The maximum absolute atomic E-state index is 3.44. The van der Waals surface area contributed by atoms with Gasteiger partial charge in [-0.25, -0.2) is 0 Å². The Bertz CT molecular complexity index is 362. The molecule has 1 aliphatic carbocycles. The number of nitrogens with one attached hydrogen (secondary N) is 1. The van der Waals surface area contributed by atoms with Crippen molar-refractivity contribution >= 4 is 11.8 Å². The van der Waals surface area contributed by atoms with Crippen LogP contribution < -0.4 is 5.32 Å². The first-order valence-electron chi connectivity index (χ1n) is 6.60. The third-order valence-electron chi connectivity index (χ3n) is 3.72. The molecule has 0 saturated carbocycles. The smallest absolute Gasteiger partial charge is 0.0112 e. The van der Waals surface area contributed by atoms with E-state index < -0.39 is 0 Å². The number of hydrogen-bond donors (Lipinski definition) is 1. The predicted molar refractivity (Wildman–Crippen MR) is 78.0 cm³/mol. The summed E-state index contributed by atoms with van der Waals surface area (Å²) in [5.41, 5.74) is 4.69. The van der Waals surface area contributed by atoms with Gasteiger partial charge >= 0.3 is 0 Å². The summed E-state index contributed by atoms with van der Waals surface area (Å²) in [6.07, 6.45) is 8.54. The van der Waals surface area contributed by atoms with Crippen LogP contribution in [-0.4, -0.2) is 25.1 Å². The zero-order valence-corrected chi connectivity index (χ0v) is 11.8. The number of hydrogen-bond acceptors (Lipinski definition) is 2. The van der Waals surface area contributed by atoms with Gasteiger partial charge in [0, 0.05) is 6.04 Å². The van der Waals surface area contributed by atoms with Gasteiger partial charge < -0.3 is 5.32 Å². The van der Waals surface area contributed by atoms with Crippen molar-refractivity contribution in [3.05, 3.63) is 34.9 Å². The zero-order valence-electron chi connectivity index (χ0n) is 11.0. The summed E-state index contributed by atoms with van der Waals surface area (Å²) in [4.78, 5) is 0. The molecule has 94 valence electrons. The highest BCUT2D eigenvalue weighted by molar-refractivity contribution is 7.98. The lowest BCUT2D eigenvalue weighted by atomic mass is 10.00. The predicted octanol–water partition coefficient (Wildman–Crippen LogP) is 3.06. The number of rotatable bonds is 6. The van der Waals surface area contributed by atoms with Crippen molar-refractivity contribution in [1.82, 2.24) is 5.32 Å². The highest BCUT2D eigenvalue weighted by Crippen LogP contribution is 2.23. The molecular weight excluding hydrogens is 226 g/mol. The average molecular weight is 249 g/mol. The number of aryl methyl sites for hydroxylation is 2. The Balaban J connectivity index is 1.97. The molecule has 0 bridgehead atoms. The number of likely N-dealkylation sites (N-methyl/N-ethyl adjacent to an activating group) is 1. The van der Waals surface area contributed by atoms with E-state index in [1.54, 1.807) is 11.1 Å². The average Bonchev–Trinajstić information content (AvgIpc) is 2.81. The number of thioether (sulfide) groups is 1. The van der Waals surface area contributed by atoms with Crippen molar-refractivity contribution < 1.29 is 0 Å². The van der Waals surface area contributed by atoms with Gasteiger partial charge in [-0.1, -0.05) is 18.2 Å². The molecule has 0 fully saturated rings. The van der Waals surface area contributed by atoms with E-state index in [0.717, 1.165) is 0 Å². The van der Waals surface area contributed by atoms with E-state index in [9.17, 15) is 0 Å². The first kappa shape index (κ1) is 13.0. The van der Waals surface area contributed by atoms with E-state index in [4.69, 9.17) is 0 Å². The molecule has 2 heteroatoms. The van der Waals surface area contributed by atoms with Crippen LogP contribution in [0, 0.1) is 0 Å². The summed E-state index contributed by atoms with van der Waals surface area (Å²) in [6.45, 7) is 0. The minimum Gasteiger partial charge on any atom is -0.317 e. The molecule has 1 nitrogen and oxygen atoms in total. The minimum atomic E-state index is 0.627. The van der Waals surface area contributed by atoms with Gasteiger partial charge in [0.25, 0.3) is 0 Å². The van der Waals surface area contributed by atoms with E-state index in [0.29, 0.717) is 6.04 Å². The maximum atomic E-state index is 3.44. The van der Waals surface area contributed by atoms with Gasteiger partial charge in [0.05, 0.1) is 0 Å². The lowest BCUT2D eigenvalue weighted by Gasteiger charge is -2.16. The number of benzene rings is 1. The fraction of sp³-hybridized carbons (Fsp3) is 0.600. The SMILES string of the molecule is CNC(CCSC)Cc1ccc2c(c1)CCC2. The third kappa shape index (κ3) is 3.49. The Morgan fingerprint density at radius 1 is 1.29 bits per heavy atom. The summed E-state index contributed by atoms with van der Waals surface area (Å²) < 4.78 is 0. The standard InChI is InChI=1S/C15H23NS/c1-16-15(8-9-17-2)11-12-6-7-13-4-3-5-14(13)10-12/h6-7,10,15-16H,3-5,8-9,11H2,1-2H3. The second kappa shape index (κ2) is 6.46. The van der Waals surface area contributed by atoms with E-state index in [-0.39, 0.29) is 0 Å². The first-order valence-corrected chi connectivity index (χ1v) is 7.99. The minimum absolute atomic E-state index is 0.627. The molecule has 17 heavy (non-hydrogen) atoms. The molecule has 0 heterocycles. The quantitative estimate of drug-likeness (QED) is 0.831. The molecule has 1 N–H and O–H groups in total. The van der Waals surface area contributed by atoms with Crippen molar-refractivity contribution in [3.63, 3.8) is 0 Å². The maximum Gasteiger partial charge on any atom is 0.0112 e. The van der Waals surface area contributed by atoms with Crippen LogP contribution in [0.1, 0.15) is 29.5 Å². The molecule has 1 atom stereocenters. The van der Waals surface area contributed by atoms with E-state index in [1.807, 2.05) is 11.8 Å². The number of fused-ring (bicyclic) bond motifs is 1. The fourth-order valence-corrected chi connectivity index (χ4v) is 3.17. The molecule has 0 radical (unpaired) electrons. The van der Waals surface area contributed by atoms with Crippen LogP contribution in [0.5, 0.6) is 0 Å². The molecule has 1 aliphatic rings. The van der Waals surface area contributed by atoms with Crippen molar-refractivity contribution in [2.45, 2.75) is 38.1 Å². The van der Waals surface area contributed by atoms with Crippen molar-refractivity contribution in [2.24, 2.45) is 0 Å². The van der Waals surface area contributed by atoms with Gasteiger partial charge in [-0.05, 0) is 67.9 Å². The topological polar surface area (TPSA) is 12.0 Å². The highest BCUT2D eigenvalue weighted by Gasteiger charge is 2.12. The summed E-state index contributed by atoms with van der Waals surface area (Å²) in [7, 11) is 2.08. The Hall–Kier alpha value is -0.470. The Morgan fingerprint density at radius 3 is 2.88 bits per heavy atom. The zero-order chi connectivity index (χ0) is 12.1. The first-order chi connectivity index (χ1) is 8.33. The molecule has 2 rings (SSSR count). The Kier molecular flexibility index (Phi) is 4.93. The third-order valence-corrected chi connectivity index (χ3v) is 4.37. The van der Waals surface area contributed by atoms with Crippen LogP contribution in [0.3, 0.4) is 0 Å². The lowest BCUT2D eigenvalue weighted by Crippen LogP contribution is -2.28. The highest BCUT2D eigenvalue weighted by atomic mass is 32.2. The second-order valence-electron chi connectivity index (χ2n) is 4.93. The van der Waals surface area contributed by atoms with Crippen LogP contribution in [0.4, 0.5) is 0 Å². The van der Waals surface area contributed by atoms with Crippen molar-refractivity contribution in [1.29, 1.82) is 0 Å². The molecule has 0 amide bonds. The van der Waals surface area contributed by atoms with Crippen LogP contribution in [0.25, 0.3) is 0 Å². The van der Waals surface area contributed by atoms with Crippen LogP contribution in [-0.2, 0) is 19.3 Å². The van der Waals surface area contributed by atoms with E-state index in [2.05, 4.69) is 36.8 Å². The Labute approximate surface area is 109 Å². The summed E-state index contributed by atoms with van der Waals surface area (Å²) >= 11 is 1.94. The van der Waals surface area contributed by atoms with Gasteiger partial charge in [-0.15, -0.1) is 0 Å². The van der Waals surface area contributed by atoms with Crippen LogP contribution in [0.2, 0.25) is 0 Å². The van der Waals surface area contributed by atoms with Crippen LogP contribution in [0.15, 0.2) is 18.2 Å². The Morgan fingerprint density at radius 2 is 2.12 bits per heavy atom. The van der Waals surface area contributed by atoms with Gasteiger partial charge in [-0.2, -0.15) is 11.8 Å². The van der Waals surface area contributed by atoms with Crippen LogP contribution >= 0.6 is 11.8 Å². The molecule has 1 unspecified atom stereocenters. The normalized spacial score (nSPS) is 15.9. The monoisotopic (exact) mass is 249 g/mol. The van der Waals surface area contributed by atoms with Gasteiger partial charge in [0.2, 0.25) is 0 Å². The van der Waals surface area contributed by atoms with E-state index >= 15 is 0 Å². The molecule has 0 spiro atoms. The second-order valence-corrected chi connectivity index (χ2v) is 5.91. The van der Waals surface area contributed by atoms with E-state index in [1.165, 1.54) is 43.4 Å². The largest absolute Gasteiger partial charge is 0.317 e. The van der Waals surface area contributed by atoms with Gasteiger partial charge in [-0.3, -0.25) is 0 Å². The molecule has 1 aromatic rings. The molecule has 0 aliphatic heterocycles. The van der Waals surface area contributed by atoms with Crippen molar-refractivity contribution in [2.75, 3.05) is 19.1 Å². The van der Waals surface area contributed by atoms with Gasteiger partial charge in [0.1, 0.15) is 0 Å². The van der Waals surface area contributed by atoms with Gasteiger partial charge in [0.15, 0.2) is 0 Å². The molecule has 0 saturated heterocycles. The lowest BCUT2D eigenvalue weighted by molar-refractivity contribution is 0.547. The summed E-state index contributed by atoms with van der Waals surface area (Å²) in [5, 5.41) is 3.44. The molecule has 1 aromatic carbocycles. The molecular formula is C15H23NS. The fourth-order valence-electron chi connectivity index (χ4n) is 2.65. The van der Waals surface area contributed by atoms with Crippen molar-refractivity contribution in [3.8, 4) is 0 Å². The molecule has 0 aromatic heterocycles.